The third-order valence-electron chi connectivity index (χ3n) is 2.83. The van der Waals surface area contributed by atoms with Gasteiger partial charge in [0.25, 0.3) is 0 Å². The minimum Gasteiger partial charge on any atom is -0.455 e. The van der Waals surface area contributed by atoms with Crippen molar-refractivity contribution in [2.45, 2.75) is 25.9 Å². The summed E-state index contributed by atoms with van der Waals surface area (Å²) in [5, 5.41) is 0. The van der Waals surface area contributed by atoms with Gasteiger partial charge in [-0.05, 0) is 37.0 Å². The summed E-state index contributed by atoms with van der Waals surface area (Å²) < 4.78 is 5.40. The van der Waals surface area contributed by atoms with Crippen LogP contribution in [0, 0.1) is 5.92 Å². The molecule has 1 aromatic carbocycles. The molecule has 0 fully saturated rings. The summed E-state index contributed by atoms with van der Waals surface area (Å²) in [5.74, 6) is 0.372. The Balaban J connectivity index is 1.96. The van der Waals surface area contributed by atoms with Crippen LogP contribution < -0.4 is 0 Å². The fourth-order valence-corrected chi connectivity index (χ4v) is 1.81. The van der Waals surface area contributed by atoms with Gasteiger partial charge in [-0.15, -0.1) is 0 Å². The summed E-state index contributed by atoms with van der Waals surface area (Å²) in [6.07, 6.45) is 6.07. The Morgan fingerprint density at radius 1 is 1.19 bits per heavy atom. The largest absolute Gasteiger partial charge is 0.455 e. The summed E-state index contributed by atoms with van der Waals surface area (Å²) in [6, 6.07) is 9.12. The number of carbonyl (C=O) groups excluding carboxylic acids is 1. The molecule has 0 saturated heterocycles. The van der Waals surface area contributed by atoms with Gasteiger partial charge in [0.15, 0.2) is 0 Å². The maximum atomic E-state index is 11.7. The Morgan fingerprint density at radius 3 is 2.56 bits per heavy atom. The van der Waals surface area contributed by atoms with Crippen molar-refractivity contribution in [1.82, 2.24) is 0 Å². The summed E-state index contributed by atoms with van der Waals surface area (Å²) in [4.78, 5) is 11.7. The molecule has 16 heavy (non-hydrogen) atoms. The molecule has 0 N–H and O–H groups in total. The zero-order chi connectivity index (χ0) is 11.4. The van der Waals surface area contributed by atoms with Crippen molar-refractivity contribution >= 4 is 5.97 Å². The van der Waals surface area contributed by atoms with Crippen LogP contribution in [-0.2, 0) is 4.74 Å². The number of esters is 1. The number of allylic oxidation sites excluding steroid dienone is 1. The molecular formula is C14H16O2. The SMILES string of the molecule is C[C@@H]1C=C[C@H](OC(=O)c2ccccc2)CC1. The summed E-state index contributed by atoms with van der Waals surface area (Å²) in [5.41, 5.74) is 0.620. The summed E-state index contributed by atoms with van der Waals surface area (Å²) in [7, 11) is 0. The van der Waals surface area contributed by atoms with Crippen molar-refractivity contribution < 1.29 is 9.53 Å². The maximum absolute atomic E-state index is 11.7. The van der Waals surface area contributed by atoms with E-state index in [-0.39, 0.29) is 12.1 Å². The fraction of sp³-hybridized carbons (Fsp3) is 0.357. The van der Waals surface area contributed by atoms with Gasteiger partial charge in [-0.1, -0.05) is 31.2 Å². The Labute approximate surface area is 95.9 Å². The lowest BCUT2D eigenvalue weighted by Crippen LogP contribution is -2.19. The van der Waals surface area contributed by atoms with Crippen LogP contribution in [0.5, 0.6) is 0 Å². The molecule has 0 saturated carbocycles. The van der Waals surface area contributed by atoms with Crippen molar-refractivity contribution in [2.24, 2.45) is 5.92 Å². The van der Waals surface area contributed by atoms with Crippen LogP contribution in [0.25, 0.3) is 0 Å². The van der Waals surface area contributed by atoms with Gasteiger partial charge < -0.3 is 4.74 Å². The molecule has 1 aliphatic carbocycles. The van der Waals surface area contributed by atoms with E-state index in [1.54, 1.807) is 12.1 Å². The molecule has 0 radical (unpaired) electrons. The van der Waals surface area contributed by atoms with Gasteiger partial charge in [0, 0.05) is 0 Å². The second-order valence-electron chi connectivity index (χ2n) is 4.25. The van der Waals surface area contributed by atoms with E-state index in [1.165, 1.54) is 0 Å². The first-order valence-corrected chi connectivity index (χ1v) is 5.70. The molecular weight excluding hydrogens is 200 g/mol. The van der Waals surface area contributed by atoms with Gasteiger partial charge >= 0.3 is 5.97 Å². The molecule has 0 amide bonds. The molecule has 0 heterocycles. The molecule has 2 nitrogen and oxygen atoms in total. The molecule has 0 spiro atoms. The predicted octanol–water partition coefficient (Wildman–Crippen LogP) is 3.20. The number of hydrogen-bond donors (Lipinski definition) is 0. The second kappa shape index (κ2) is 4.97. The predicted molar refractivity (Wildman–Crippen MR) is 63.2 cm³/mol. The lowest BCUT2D eigenvalue weighted by molar-refractivity contribution is 0.0362. The van der Waals surface area contributed by atoms with Crippen LogP contribution in [0.3, 0.4) is 0 Å². The van der Waals surface area contributed by atoms with Crippen molar-refractivity contribution in [3.05, 3.63) is 48.0 Å². The first-order chi connectivity index (χ1) is 7.75. The van der Waals surface area contributed by atoms with E-state index in [0.717, 1.165) is 12.8 Å². The zero-order valence-electron chi connectivity index (χ0n) is 9.43. The molecule has 1 aliphatic rings. The van der Waals surface area contributed by atoms with Crippen LogP contribution in [0.4, 0.5) is 0 Å². The van der Waals surface area contributed by atoms with E-state index in [9.17, 15) is 4.79 Å². The van der Waals surface area contributed by atoms with E-state index in [4.69, 9.17) is 4.74 Å². The number of hydrogen-bond acceptors (Lipinski definition) is 2. The standard InChI is InChI=1S/C14H16O2/c1-11-7-9-13(10-8-11)16-14(15)12-5-3-2-4-6-12/h2-7,9,11,13H,8,10H2,1H3/t11-,13+/m1/s1. The fourth-order valence-electron chi connectivity index (χ4n) is 1.81. The minimum atomic E-state index is -0.232. The lowest BCUT2D eigenvalue weighted by atomic mass is 9.96. The highest BCUT2D eigenvalue weighted by molar-refractivity contribution is 5.89. The smallest absolute Gasteiger partial charge is 0.338 e. The van der Waals surface area contributed by atoms with Crippen LogP contribution in [-0.4, -0.2) is 12.1 Å². The van der Waals surface area contributed by atoms with Gasteiger partial charge in [0.2, 0.25) is 0 Å². The van der Waals surface area contributed by atoms with E-state index in [1.807, 2.05) is 24.3 Å². The van der Waals surface area contributed by atoms with Gasteiger partial charge in [-0.2, -0.15) is 0 Å². The van der Waals surface area contributed by atoms with Gasteiger partial charge in [-0.3, -0.25) is 0 Å². The monoisotopic (exact) mass is 216 g/mol. The molecule has 0 aromatic heterocycles. The highest BCUT2D eigenvalue weighted by Gasteiger charge is 2.17. The van der Waals surface area contributed by atoms with Crippen molar-refractivity contribution in [3.63, 3.8) is 0 Å². The first kappa shape index (κ1) is 10.9. The van der Waals surface area contributed by atoms with Crippen LogP contribution >= 0.6 is 0 Å². The molecule has 0 aliphatic heterocycles. The summed E-state index contributed by atoms with van der Waals surface area (Å²) >= 11 is 0. The van der Waals surface area contributed by atoms with Gasteiger partial charge in [0.05, 0.1) is 5.56 Å². The van der Waals surface area contributed by atoms with E-state index >= 15 is 0 Å². The maximum Gasteiger partial charge on any atom is 0.338 e. The number of ether oxygens (including phenoxy) is 1. The molecule has 2 rings (SSSR count). The average Bonchev–Trinajstić information content (AvgIpc) is 2.33. The van der Waals surface area contributed by atoms with Crippen LogP contribution in [0.2, 0.25) is 0 Å². The molecule has 2 heteroatoms. The number of benzene rings is 1. The van der Waals surface area contributed by atoms with Crippen LogP contribution in [0.1, 0.15) is 30.1 Å². The van der Waals surface area contributed by atoms with E-state index < -0.39 is 0 Å². The number of carbonyl (C=O) groups is 1. The highest BCUT2D eigenvalue weighted by Crippen LogP contribution is 2.19. The quantitative estimate of drug-likeness (QED) is 0.560. The van der Waals surface area contributed by atoms with Gasteiger partial charge in [-0.25, -0.2) is 4.79 Å². The topological polar surface area (TPSA) is 26.3 Å². The normalized spacial score (nSPS) is 24.1. The third kappa shape index (κ3) is 2.72. The lowest BCUT2D eigenvalue weighted by Gasteiger charge is -2.20. The van der Waals surface area contributed by atoms with Crippen LogP contribution in [0.15, 0.2) is 42.5 Å². The zero-order valence-corrected chi connectivity index (χ0v) is 9.43. The molecule has 0 bridgehead atoms. The Kier molecular flexibility index (Phi) is 3.40. The van der Waals surface area contributed by atoms with E-state index in [2.05, 4.69) is 13.0 Å². The average molecular weight is 216 g/mol. The van der Waals surface area contributed by atoms with Crippen molar-refractivity contribution in [3.8, 4) is 0 Å². The second-order valence-corrected chi connectivity index (χ2v) is 4.25. The third-order valence-corrected chi connectivity index (χ3v) is 2.83. The molecule has 1 aromatic rings. The van der Waals surface area contributed by atoms with Crippen molar-refractivity contribution in [2.75, 3.05) is 0 Å². The molecule has 2 atom stereocenters. The Bertz CT molecular complexity index is 381. The minimum absolute atomic E-state index is 0.0519. The molecule has 0 unspecified atom stereocenters. The summed E-state index contributed by atoms with van der Waals surface area (Å²) in [6.45, 7) is 2.17. The molecule has 84 valence electrons. The first-order valence-electron chi connectivity index (χ1n) is 5.70. The van der Waals surface area contributed by atoms with E-state index in [0.29, 0.717) is 11.5 Å². The Hall–Kier alpha value is -1.57. The number of rotatable bonds is 2. The van der Waals surface area contributed by atoms with Gasteiger partial charge in [0.1, 0.15) is 6.10 Å². The Morgan fingerprint density at radius 2 is 1.94 bits per heavy atom. The van der Waals surface area contributed by atoms with Crippen molar-refractivity contribution in [1.29, 1.82) is 0 Å². The highest BCUT2D eigenvalue weighted by atomic mass is 16.5.